The lowest BCUT2D eigenvalue weighted by Crippen LogP contribution is -2.56. The van der Waals surface area contributed by atoms with Crippen molar-refractivity contribution in [1.82, 2.24) is 13.9 Å². The minimum atomic E-state index is -3.41. The van der Waals surface area contributed by atoms with E-state index in [1.165, 1.54) is 0 Å². The van der Waals surface area contributed by atoms with Gasteiger partial charge in [0.15, 0.2) is 0 Å². The Balaban J connectivity index is 2.02. The molecule has 20 heavy (non-hydrogen) atoms. The van der Waals surface area contributed by atoms with Gasteiger partial charge in [-0.25, -0.2) is 0 Å². The molecule has 2 heterocycles. The van der Waals surface area contributed by atoms with Crippen molar-refractivity contribution >= 4 is 10.2 Å². The van der Waals surface area contributed by atoms with E-state index >= 15 is 0 Å². The zero-order valence-electron chi connectivity index (χ0n) is 12.6. The lowest BCUT2D eigenvalue weighted by Gasteiger charge is -2.38. The lowest BCUT2D eigenvalue weighted by atomic mass is 9.95. The highest BCUT2D eigenvalue weighted by Crippen LogP contribution is 2.22. The van der Waals surface area contributed by atoms with Gasteiger partial charge in [-0.3, -0.25) is 0 Å². The molecule has 2 aliphatic heterocycles. The summed E-state index contributed by atoms with van der Waals surface area (Å²) in [6.07, 6.45) is 3.75. The fraction of sp³-hybridized carbons (Fsp3) is 1.00. The second-order valence-electron chi connectivity index (χ2n) is 6.25. The summed E-state index contributed by atoms with van der Waals surface area (Å²) in [6, 6.07) is -0.000582. The summed E-state index contributed by atoms with van der Waals surface area (Å²) in [5.41, 5.74) is 5.73. The van der Waals surface area contributed by atoms with Crippen molar-refractivity contribution in [1.29, 1.82) is 0 Å². The highest BCUT2D eigenvalue weighted by atomic mass is 32.2. The van der Waals surface area contributed by atoms with Gasteiger partial charge in [-0.05, 0) is 38.8 Å². The van der Waals surface area contributed by atoms with Crippen LogP contribution in [-0.2, 0) is 10.2 Å². The van der Waals surface area contributed by atoms with Crippen LogP contribution in [0.15, 0.2) is 0 Å². The van der Waals surface area contributed by atoms with Crippen molar-refractivity contribution in [2.75, 3.05) is 33.2 Å². The first-order chi connectivity index (χ1) is 9.44. The molecule has 0 aromatic rings. The second kappa shape index (κ2) is 6.70. The zero-order chi connectivity index (χ0) is 14.8. The molecule has 0 aromatic carbocycles. The van der Waals surface area contributed by atoms with Crippen LogP contribution in [0.4, 0.5) is 0 Å². The van der Waals surface area contributed by atoms with Crippen molar-refractivity contribution in [3.63, 3.8) is 0 Å². The molecule has 0 radical (unpaired) electrons. The summed E-state index contributed by atoms with van der Waals surface area (Å²) in [5, 5.41) is 0. The second-order valence-corrected chi connectivity index (χ2v) is 7.91. The quantitative estimate of drug-likeness (QED) is 0.765. The normalized spacial score (nSPS) is 34.2. The number of piperidine rings is 2. The van der Waals surface area contributed by atoms with E-state index in [9.17, 15) is 8.42 Å². The molecule has 2 rings (SSSR count). The van der Waals surface area contributed by atoms with E-state index in [1.54, 1.807) is 4.31 Å². The first-order valence-corrected chi connectivity index (χ1v) is 9.05. The maximum Gasteiger partial charge on any atom is 0.280 e. The largest absolute Gasteiger partial charge is 0.329 e. The Morgan fingerprint density at radius 1 is 1.25 bits per heavy atom. The Hall–Kier alpha value is -0.210. The van der Waals surface area contributed by atoms with E-state index in [0.717, 1.165) is 38.8 Å². The smallest absolute Gasteiger partial charge is 0.280 e. The molecule has 0 aromatic heterocycles. The van der Waals surface area contributed by atoms with Crippen LogP contribution in [0.25, 0.3) is 0 Å². The Kier molecular flexibility index (Phi) is 5.42. The predicted molar refractivity (Wildman–Crippen MR) is 80.5 cm³/mol. The highest BCUT2D eigenvalue weighted by molar-refractivity contribution is 7.87. The van der Waals surface area contributed by atoms with Crippen LogP contribution in [0.5, 0.6) is 0 Å². The minimum Gasteiger partial charge on any atom is -0.329 e. The molecular weight excluding hydrogens is 276 g/mol. The molecule has 0 saturated carbocycles. The Labute approximate surface area is 122 Å². The molecule has 0 spiro atoms. The molecule has 2 aliphatic rings. The number of nitrogens with zero attached hydrogens (tertiary/aromatic N) is 2. The van der Waals surface area contributed by atoms with Crippen molar-refractivity contribution < 1.29 is 8.42 Å². The van der Waals surface area contributed by atoms with Gasteiger partial charge >= 0.3 is 0 Å². The van der Waals surface area contributed by atoms with Crippen molar-refractivity contribution in [2.45, 2.75) is 44.7 Å². The van der Waals surface area contributed by atoms with Gasteiger partial charge in [0.2, 0.25) is 0 Å². The number of hydrogen-bond donors (Lipinski definition) is 2. The summed E-state index contributed by atoms with van der Waals surface area (Å²) in [4.78, 5) is 2.25. The summed E-state index contributed by atoms with van der Waals surface area (Å²) in [5.74, 6) is 0.338. The molecule has 118 valence electrons. The van der Waals surface area contributed by atoms with Crippen LogP contribution in [0, 0.1) is 5.92 Å². The lowest BCUT2D eigenvalue weighted by molar-refractivity contribution is 0.183. The van der Waals surface area contributed by atoms with Gasteiger partial charge in [0.05, 0.1) is 0 Å². The van der Waals surface area contributed by atoms with E-state index in [2.05, 4.69) is 23.6 Å². The van der Waals surface area contributed by atoms with Crippen molar-refractivity contribution in [3.8, 4) is 0 Å². The average Bonchev–Trinajstić information content (AvgIpc) is 2.42. The van der Waals surface area contributed by atoms with Gasteiger partial charge in [-0.15, -0.1) is 0 Å². The monoisotopic (exact) mass is 304 g/mol. The Bertz CT molecular complexity index is 415. The fourth-order valence-corrected chi connectivity index (χ4v) is 5.14. The highest BCUT2D eigenvalue weighted by Gasteiger charge is 2.35. The van der Waals surface area contributed by atoms with Crippen LogP contribution in [0.1, 0.15) is 32.6 Å². The number of hydrogen-bond acceptors (Lipinski definition) is 4. The van der Waals surface area contributed by atoms with Crippen LogP contribution in [-0.4, -0.2) is 62.9 Å². The maximum absolute atomic E-state index is 12.6. The average molecular weight is 304 g/mol. The first kappa shape index (κ1) is 16.2. The molecule has 2 saturated heterocycles. The predicted octanol–water partition coefficient (Wildman–Crippen LogP) is -0.0258. The number of likely N-dealkylation sites (tertiary alicyclic amines) is 1. The molecule has 0 bridgehead atoms. The van der Waals surface area contributed by atoms with Crippen LogP contribution >= 0.6 is 0 Å². The minimum absolute atomic E-state index is 0.0385. The summed E-state index contributed by atoms with van der Waals surface area (Å²) >= 11 is 0. The van der Waals surface area contributed by atoms with E-state index in [0.29, 0.717) is 19.0 Å². The number of rotatable bonds is 4. The fourth-order valence-electron chi connectivity index (χ4n) is 3.31. The van der Waals surface area contributed by atoms with Gasteiger partial charge in [0.1, 0.15) is 0 Å². The Morgan fingerprint density at radius 3 is 2.65 bits per heavy atom. The molecule has 7 heteroatoms. The molecule has 6 nitrogen and oxygen atoms in total. The molecule has 0 aliphatic carbocycles. The van der Waals surface area contributed by atoms with Gasteiger partial charge in [-0.1, -0.05) is 13.3 Å². The van der Waals surface area contributed by atoms with E-state index in [-0.39, 0.29) is 12.1 Å². The third kappa shape index (κ3) is 3.71. The molecule has 0 amide bonds. The van der Waals surface area contributed by atoms with Crippen LogP contribution in [0.3, 0.4) is 0 Å². The summed E-state index contributed by atoms with van der Waals surface area (Å²) < 4.78 is 29.7. The SMILES string of the molecule is CC1CN(C)CCC1NS(=O)(=O)N1CCCCC1CN. The van der Waals surface area contributed by atoms with E-state index in [1.807, 2.05) is 0 Å². The zero-order valence-corrected chi connectivity index (χ0v) is 13.4. The number of nitrogens with one attached hydrogen (secondary N) is 1. The topological polar surface area (TPSA) is 78.7 Å². The third-order valence-corrected chi connectivity index (χ3v) is 6.26. The maximum atomic E-state index is 12.6. The van der Waals surface area contributed by atoms with E-state index in [4.69, 9.17) is 5.73 Å². The molecule has 2 fully saturated rings. The van der Waals surface area contributed by atoms with Crippen molar-refractivity contribution in [2.24, 2.45) is 11.7 Å². The van der Waals surface area contributed by atoms with Gasteiger partial charge in [0.25, 0.3) is 10.2 Å². The van der Waals surface area contributed by atoms with E-state index < -0.39 is 10.2 Å². The third-order valence-electron chi connectivity index (χ3n) is 4.56. The van der Waals surface area contributed by atoms with Gasteiger partial charge in [-0.2, -0.15) is 17.4 Å². The van der Waals surface area contributed by atoms with Crippen LogP contribution in [0.2, 0.25) is 0 Å². The standard InChI is InChI=1S/C13H28N4O2S/c1-11-10-16(2)8-6-13(11)15-20(18,19)17-7-4-3-5-12(17)9-14/h11-13,15H,3-10,14H2,1-2H3. The van der Waals surface area contributed by atoms with Crippen LogP contribution < -0.4 is 10.5 Å². The first-order valence-electron chi connectivity index (χ1n) is 7.61. The number of nitrogens with two attached hydrogens (primary N) is 1. The summed E-state index contributed by atoms with van der Waals surface area (Å²) in [6.45, 7) is 4.99. The molecule has 3 unspecified atom stereocenters. The Morgan fingerprint density at radius 2 is 2.00 bits per heavy atom. The summed E-state index contributed by atoms with van der Waals surface area (Å²) in [7, 11) is -1.33. The molecule has 3 atom stereocenters. The molecular formula is C13H28N4O2S. The molecule has 3 N–H and O–H groups in total. The van der Waals surface area contributed by atoms with Gasteiger partial charge < -0.3 is 10.6 Å². The van der Waals surface area contributed by atoms with Gasteiger partial charge in [0, 0.05) is 31.7 Å². The van der Waals surface area contributed by atoms with Crippen molar-refractivity contribution in [3.05, 3.63) is 0 Å².